The smallest absolute Gasteiger partial charge is 0.152 e. The molecule has 0 amide bonds. The Kier molecular flexibility index (Phi) is 3.09. The first kappa shape index (κ1) is 12.0. The first-order valence-electron chi connectivity index (χ1n) is 5.87. The van der Waals surface area contributed by atoms with Gasteiger partial charge in [-0.15, -0.1) is 0 Å². The van der Waals surface area contributed by atoms with Crippen molar-refractivity contribution in [2.24, 2.45) is 4.99 Å². The van der Waals surface area contributed by atoms with Gasteiger partial charge in [-0.2, -0.15) is 0 Å². The number of aromatic nitrogens is 1. The van der Waals surface area contributed by atoms with Crippen LogP contribution < -0.4 is 10.1 Å². The van der Waals surface area contributed by atoms with Crippen molar-refractivity contribution in [2.75, 3.05) is 12.4 Å². The quantitative estimate of drug-likeness (QED) is 0.914. The molecule has 0 saturated heterocycles. The molecule has 1 N–H and O–H groups in total. The molecule has 0 fully saturated rings. The summed E-state index contributed by atoms with van der Waals surface area (Å²) >= 11 is 6.09. The molecule has 0 atom stereocenters. The van der Waals surface area contributed by atoms with Crippen LogP contribution in [-0.4, -0.2) is 17.9 Å². The van der Waals surface area contributed by atoms with E-state index in [-0.39, 0.29) is 0 Å². The lowest BCUT2D eigenvalue weighted by molar-refractivity contribution is 0.415. The number of hydrogen-bond donors (Lipinski definition) is 1. The Labute approximate surface area is 116 Å². The van der Waals surface area contributed by atoms with Gasteiger partial charge >= 0.3 is 0 Å². The number of aliphatic imine (C=N–C) groups is 1. The summed E-state index contributed by atoms with van der Waals surface area (Å²) in [7, 11) is 1.59. The molecule has 0 bridgehead atoms. The van der Waals surface area contributed by atoms with Gasteiger partial charge in [-0.05, 0) is 24.3 Å². The minimum atomic E-state index is 0.562. The first-order chi connectivity index (χ1) is 9.28. The van der Waals surface area contributed by atoms with Gasteiger partial charge in [-0.3, -0.25) is 9.98 Å². The molecule has 4 nitrogen and oxygen atoms in total. The number of anilines is 1. The number of methoxy groups -OCH3 is 1. The summed E-state index contributed by atoms with van der Waals surface area (Å²) in [6, 6.07) is 9.47. The minimum absolute atomic E-state index is 0.562. The lowest BCUT2D eigenvalue weighted by Gasteiger charge is -2.09. The Hall–Kier alpha value is -2.07. The molecule has 5 heteroatoms. The number of halogens is 1. The summed E-state index contributed by atoms with van der Waals surface area (Å²) in [5.41, 5.74) is 2.89. The minimum Gasteiger partial charge on any atom is -0.495 e. The van der Waals surface area contributed by atoms with Crippen LogP contribution in [0.15, 0.2) is 41.5 Å². The maximum absolute atomic E-state index is 6.09. The number of nitrogens with one attached hydrogen (secondary N) is 1. The molecule has 0 radical (unpaired) electrons. The van der Waals surface area contributed by atoms with Crippen LogP contribution >= 0.6 is 11.6 Å². The zero-order chi connectivity index (χ0) is 13.2. The van der Waals surface area contributed by atoms with Crippen LogP contribution in [0.4, 0.5) is 5.69 Å². The van der Waals surface area contributed by atoms with Gasteiger partial charge in [0.15, 0.2) is 5.84 Å². The number of ether oxygens (including phenoxy) is 1. The lowest BCUT2D eigenvalue weighted by Crippen LogP contribution is -2.13. The highest BCUT2D eigenvalue weighted by Gasteiger charge is 2.16. The second-order valence-electron chi connectivity index (χ2n) is 4.15. The normalized spacial score (nSPS) is 12.8. The summed E-state index contributed by atoms with van der Waals surface area (Å²) in [4.78, 5) is 8.78. The van der Waals surface area contributed by atoms with Crippen molar-refractivity contribution in [3.05, 3.63) is 52.8 Å². The predicted molar refractivity (Wildman–Crippen MR) is 76.1 cm³/mol. The fourth-order valence-corrected chi connectivity index (χ4v) is 2.26. The zero-order valence-corrected chi connectivity index (χ0v) is 11.1. The third kappa shape index (κ3) is 2.27. The Morgan fingerprint density at radius 3 is 3.00 bits per heavy atom. The topological polar surface area (TPSA) is 46.5 Å². The Balaban J connectivity index is 1.85. The molecule has 19 heavy (non-hydrogen) atoms. The van der Waals surface area contributed by atoms with Crippen LogP contribution in [0, 0.1) is 0 Å². The number of nitrogens with zero attached hydrogens (tertiary/aromatic N) is 2. The van der Waals surface area contributed by atoms with E-state index in [1.54, 1.807) is 13.3 Å². The maximum Gasteiger partial charge on any atom is 0.152 e. The van der Waals surface area contributed by atoms with E-state index in [0.717, 1.165) is 22.8 Å². The van der Waals surface area contributed by atoms with E-state index in [4.69, 9.17) is 16.3 Å². The van der Waals surface area contributed by atoms with E-state index in [0.29, 0.717) is 17.3 Å². The fourth-order valence-electron chi connectivity index (χ4n) is 2.00. The highest BCUT2D eigenvalue weighted by atomic mass is 35.5. The van der Waals surface area contributed by atoms with Gasteiger partial charge in [0.2, 0.25) is 0 Å². The summed E-state index contributed by atoms with van der Waals surface area (Å²) in [6.45, 7) is 0.662. The second-order valence-corrected chi connectivity index (χ2v) is 4.56. The van der Waals surface area contributed by atoms with Crippen LogP contribution in [0.5, 0.6) is 5.75 Å². The lowest BCUT2D eigenvalue weighted by atomic mass is 10.2. The molecule has 2 heterocycles. The molecule has 1 aromatic heterocycles. The van der Waals surface area contributed by atoms with Crippen LogP contribution in [0.2, 0.25) is 5.02 Å². The molecule has 0 aliphatic carbocycles. The van der Waals surface area contributed by atoms with Gasteiger partial charge in [-0.25, -0.2) is 0 Å². The van der Waals surface area contributed by atoms with E-state index in [1.807, 2.05) is 30.3 Å². The molecule has 2 aromatic rings. The molecular formula is C14H12ClN3O. The van der Waals surface area contributed by atoms with Crippen molar-refractivity contribution in [1.82, 2.24) is 4.98 Å². The zero-order valence-electron chi connectivity index (χ0n) is 10.4. The predicted octanol–water partition coefficient (Wildman–Crippen LogP) is 3.12. The molecular weight excluding hydrogens is 262 g/mol. The van der Waals surface area contributed by atoms with Crippen molar-refractivity contribution in [2.45, 2.75) is 6.54 Å². The van der Waals surface area contributed by atoms with Crippen LogP contribution in [0.3, 0.4) is 0 Å². The average molecular weight is 274 g/mol. The van der Waals surface area contributed by atoms with E-state index in [9.17, 15) is 0 Å². The van der Waals surface area contributed by atoms with E-state index >= 15 is 0 Å². The SMILES string of the molecule is COc1ccc(NC2=NCc3cccnc32)cc1Cl. The number of pyridine rings is 1. The molecule has 0 saturated carbocycles. The molecule has 96 valence electrons. The van der Waals surface area contributed by atoms with E-state index in [2.05, 4.69) is 15.3 Å². The van der Waals surface area contributed by atoms with Gasteiger partial charge in [0.25, 0.3) is 0 Å². The maximum atomic E-state index is 6.09. The van der Waals surface area contributed by atoms with Crippen molar-refractivity contribution in [3.8, 4) is 5.75 Å². The van der Waals surface area contributed by atoms with Crippen LogP contribution in [0.1, 0.15) is 11.3 Å². The van der Waals surface area contributed by atoms with Crippen molar-refractivity contribution in [3.63, 3.8) is 0 Å². The molecule has 1 aromatic carbocycles. The van der Waals surface area contributed by atoms with Crippen LogP contribution in [-0.2, 0) is 6.54 Å². The Morgan fingerprint density at radius 1 is 1.32 bits per heavy atom. The van der Waals surface area contributed by atoms with Crippen LogP contribution in [0.25, 0.3) is 0 Å². The highest BCUT2D eigenvalue weighted by Crippen LogP contribution is 2.28. The third-order valence-corrected chi connectivity index (χ3v) is 3.23. The van der Waals surface area contributed by atoms with E-state index < -0.39 is 0 Å². The van der Waals surface area contributed by atoms with Gasteiger partial charge in [-0.1, -0.05) is 17.7 Å². The standard InChI is InChI=1S/C14H12ClN3O/c1-19-12-5-4-10(7-11(12)15)18-14-13-9(8-17-14)3-2-6-16-13/h2-7H,8H2,1H3,(H,17,18). The first-order valence-corrected chi connectivity index (χ1v) is 6.25. The van der Waals surface area contributed by atoms with Crippen molar-refractivity contribution >= 4 is 23.1 Å². The number of rotatable bonds is 2. The molecule has 3 rings (SSSR count). The highest BCUT2D eigenvalue weighted by molar-refractivity contribution is 6.32. The average Bonchev–Trinajstić information content (AvgIpc) is 2.83. The third-order valence-electron chi connectivity index (χ3n) is 2.94. The number of fused-ring (bicyclic) bond motifs is 1. The number of amidine groups is 1. The summed E-state index contributed by atoms with van der Waals surface area (Å²) < 4.78 is 5.12. The summed E-state index contributed by atoms with van der Waals surface area (Å²) in [5.74, 6) is 1.43. The van der Waals surface area contributed by atoms with Gasteiger partial charge < -0.3 is 10.1 Å². The van der Waals surface area contributed by atoms with E-state index in [1.165, 1.54) is 0 Å². The summed E-state index contributed by atoms with van der Waals surface area (Å²) in [6.07, 6.45) is 1.77. The number of benzene rings is 1. The number of hydrogen-bond acceptors (Lipinski definition) is 4. The molecule has 0 unspecified atom stereocenters. The van der Waals surface area contributed by atoms with Crippen molar-refractivity contribution < 1.29 is 4.74 Å². The van der Waals surface area contributed by atoms with Gasteiger partial charge in [0.1, 0.15) is 11.4 Å². The monoisotopic (exact) mass is 273 g/mol. The Morgan fingerprint density at radius 2 is 2.21 bits per heavy atom. The molecule has 1 aliphatic rings. The molecule has 0 spiro atoms. The second kappa shape index (κ2) is 4.90. The van der Waals surface area contributed by atoms with Gasteiger partial charge in [0, 0.05) is 17.4 Å². The van der Waals surface area contributed by atoms with Gasteiger partial charge in [0.05, 0.1) is 18.7 Å². The Bertz CT molecular complexity index is 655. The summed E-state index contributed by atoms with van der Waals surface area (Å²) in [5, 5.41) is 3.80. The van der Waals surface area contributed by atoms with Crippen molar-refractivity contribution in [1.29, 1.82) is 0 Å². The molecule has 1 aliphatic heterocycles. The largest absolute Gasteiger partial charge is 0.495 e. The fraction of sp³-hybridized carbons (Fsp3) is 0.143.